The number of piperidine rings is 1. The molecular weight excluding hydrogens is 302 g/mol. The van der Waals surface area contributed by atoms with Crippen molar-refractivity contribution in [3.8, 4) is 11.5 Å². The van der Waals surface area contributed by atoms with Crippen molar-refractivity contribution in [3.05, 3.63) is 22.7 Å². The molecule has 0 unspecified atom stereocenters. The molecule has 0 saturated carbocycles. The Morgan fingerprint density at radius 1 is 1.18 bits per heavy atom. The lowest BCUT2D eigenvalue weighted by atomic mass is 9.98. The summed E-state index contributed by atoms with van der Waals surface area (Å²) in [6.07, 6.45) is 4.84. The fourth-order valence-corrected chi connectivity index (χ4v) is 3.41. The minimum atomic E-state index is 0.567. The van der Waals surface area contributed by atoms with Crippen LogP contribution in [0.3, 0.4) is 0 Å². The van der Waals surface area contributed by atoms with Gasteiger partial charge in [-0.3, -0.25) is 4.90 Å². The molecule has 1 atom stereocenters. The Morgan fingerprint density at radius 3 is 2.68 bits per heavy atom. The van der Waals surface area contributed by atoms with E-state index in [1.165, 1.54) is 19.3 Å². The second kappa shape index (κ2) is 8.61. The van der Waals surface area contributed by atoms with E-state index in [4.69, 9.17) is 25.8 Å². The molecule has 0 aliphatic carbocycles. The zero-order valence-corrected chi connectivity index (χ0v) is 14.5. The summed E-state index contributed by atoms with van der Waals surface area (Å²) in [7, 11) is 5.01. The van der Waals surface area contributed by atoms with Crippen molar-refractivity contribution in [2.75, 3.05) is 34.5 Å². The van der Waals surface area contributed by atoms with E-state index in [9.17, 15) is 0 Å². The van der Waals surface area contributed by atoms with Crippen molar-refractivity contribution in [3.63, 3.8) is 0 Å². The van der Waals surface area contributed by atoms with Crippen molar-refractivity contribution in [2.45, 2.75) is 38.3 Å². The summed E-state index contributed by atoms with van der Waals surface area (Å²) in [4.78, 5) is 2.51. The van der Waals surface area contributed by atoms with E-state index in [1.807, 2.05) is 12.1 Å². The van der Waals surface area contributed by atoms with Gasteiger partial charge in [0.05, 0.1) is 19.2 Å². The molecule has 1 aliphatic heterocycles. The van der Waals surface area contributed by atoms with Crippen LogP contribution in [0.15, 0.2) is 12.1 Å². The molecule has 1 saturated heterocycles. The van der Waals surface area contributed by atoms with E-state index in [-0.39, 0.29) is 0 Å². The largest absolute Gasteiger partial charge is 0.493 e. The lowest BCUT2D eigenvalue weighted by Crippen LogP contribution is -2.39. The molecule has 0 aromatic heterocycles. The summed E-state index contributed by atoms with van der Waals surface area (Å²) in [6.45, 7) is 2.76. The first-order valence-electron chi connectivity index (χ1n) is 7.83. The van der Waals surface area contributed by atoms with Crippen molar-refractivity contribution in [1.29, 1.82) is 0 Å². The number of halogens is 1. The summed E-state index contributed by atoms with van der Waals surface area (Å²) >= 11 is 6.51. The average molecular weight is 328 g/mol. The van der Waals surface area contributed by atoms with E-state index >= 15 is 0 Å². The van der Waals surface area contributed by atoms with Crippen LogP contribution in [0.25, 0.3) is 0 Å². The van der Waals surface area contributed by atoms with E-state index in [2.05, 4.69) is 4.90 Å². The maximum absolute atomic E-state index is 6.51. The van der Waals surface area contributed by atoms with Gasteiger partial charge >= 0.3 is 0 Å². The molecular formula is C17H26ClNO3. The summed E-state index contributed by atoms with van der Waals surface area (Å²) < 4.78 is 15.9. The molecule has 0 bridgehead atoms. The van der Waals surface area contributed by atoms with Crippen LogP contribution in [0.4, 0.5) is 0 Å². The maximum Gasteiger partial charge on any atom is 0.179 e. The topological polar surface area (TPSA) is 30.9 Å². The van der Waals surface area contributed by atoms with Crippen LogP contribution in [0.2, 0.25) is 5.02 Å². The molecule has 1 aromatic carbocycles. The van der Waals surface area contributed by atoms with Gasteiger partial charge in [0.1, 0.15) is 0 Å². The van der Waals surface area contributed by atoms with Gasteiger partial charge in [0.25, 0.3) is 0 Å². The van der Waals surface area contributed by atoms with Gasteiger partial charge in [0.2, 0.25) is 0 Å². The van der Waals surface area contributed by atoms with Crippen molar-refractivity contribution >= 4 is 11.6 Å². The highest BCUT2D eigenvalue weighted by Crippen LogP contribution is 2.38. The number of likely N-dealkylation sites (tertiary alicyclic amines) is 1. The highest BCUT2D eigenvalue weighted by atomic mass is 35.5. The summed E-state index contributed by atoms with van der Waals surface area (Å²) in [6, 6.07) is 4.53. The molecule has 1 aliphatic rings. The van der Waals surface area contributed by atoms with E-state index in [0.29, 0.717) is 22.6 Å². The minimum absolute atomic E-state index is 0.567. The molecule has 1 fully saturated rings. The smallest absolute Gasteiger partial charge is 0.179 e. The molecule has 4 nitrogen and oxygen atoms in total. The highest BCUT2D eigenvalue weighted by molar-refractivity contribution is 6.33. The Kier molecular flexibility index (Phi) is 6.80. The SMILES string of the molecule is COCC[C@H]1CCCCN1Cc1ccc(OC)c(OC)c1Cl. The van der Waals surface area contributed by atoms with Gasteiger partial charge < -0.3 is 14.2 Å². The van der Waals surface area contributed by atoms with Crippen LogP contribution in [0.5, 0.6) is 11.5 Å². The second-order valence-corrected chi connectivity index (χ2v) is 6.05. The molecule has 5 heteroatoms. The summed E-state index contributed by atoms with van der Waals surface area (Å²) in [5, 5.41) is 0.651. The molecule has 2 rings (SSSR count). The van der Waals surface area contributed by atoms with E-state index in [0.717, 1.165) is 31.7 Å². The minimum Gasteiger partial charge on any atom is -0.493 e. The van der Waals surface area contributed by atoms with Gasteiger partial charge in [-0.05, 0) is 37.4 Å². The number of benzene rings is 1. The van der Waals surface area contributed by atoms with Crippen molar-refractivity contribution in [1.82, 2.24) is 4.90 Å². The van der Waals surface area contributed by atoms with Gasteiger partial charge in [-0.2, -0.15) is 0 Å². The molecule has 22 heavy (non-hydrogen) atoms. The van der Waals surface area contributed by atoms with Crippen LogP contribution in [-0.2, 0) is 11.3 Å². The zero-order chi connectivity index (χ0) is 15.9. The van der Waals surface area contributed by atoms with Gasteiger partial charge in [-0.25, -0.2) is 0 Å². The molecule has 1 aromatic rings. The predicted octanol–water partition coefficient (Wildman–Crippen LogP) is 3.75. The average Bonchev–Trinajstić information content (AvgIpc) is 2.55. The molecule has 0 radical (unpaired) electrons. The Balaban J connectivity index is 2.14. The number of rotatable bonds is 7. The van der Waals surface area contributed by atoms with Gasteiger partial charge in [-0.1, -0.05) is 24.1 Å². The summed E-state index contributed by atoms with van der Waals surface area (Å²) in [5.74, 6) is 1.29. The lowest BCUT2D eigenvalue weighted by molar-refractivity contribution is 0.0973. The third-order valence-electron chi connectivity index (χ3n) is 4.34. The normalized spacial score (nSPS) is 19.2. The van der Waals surface area contributed by atoms with Crippen LogP contribution in [-0.4, -0.2) is 45.4 Å². The Hall–Kier alpha value is -0.970. The van der Waals surface area contributed by atoms with Crippen LogP contribution in [0, 0.1) is 0 Å². The maximum atomic E-state index is 6.51. The number of hydrogen-bond acceptors (Lipinski definition) is 4. The number of ether oxygens (including phenoxy) is 3. The third-order valence-corrected chi connectivity index (χ3v) is 4.76. The van der Waals surface area contributed by atoms with Gasteiger partial charge in [0, 0.05) is 26.3 Å². The predicted molar refractivity (Wildman–Crippen MR) is 89.1 cm³/mol. The first-order chi connectivity index (χ1) is 10.7. The fourth-order valence-electron chi connectivity index (χ4n) is 3.12. The van der Waals surface area contributed by atoms with Crippen molar-refractivity contribution in [2.24, 2.45) is 0 Å². The number of nitrogens with zero attached hydrogens (tertiary/aromatic N) is 1. The van der Waals surface area contributed by atoms with Crippen molar-refractivity contribution < 1.29 is 14.2 Å². The van der Waals surface area contributed by atoms with Gasteiger partial charge in [-0.15, -0.1) is 0 Å². The third kappa shape index (κ3) is 4.06. The van der Waals surface area contributed by atoms with Crippen LogP contribution < -0.4 is 9.47 Å². The monoisotopic (exact) mass is 327 g/mol. The summed E-state index contributed by atoms with van der Waals surface area (Å²) in [5.41, 5.74) is 1.09. The quantitative estimate of drug-likeness (QED) is 0.763. The van der Waals surface area contributed by atoms with E-state index < -0.39 is 0 Å². The highest BCUT2D eigenvalue weighted by Gasteiger charge is 2.24. The number of hydrogen-bond donors (Lipinski definition) is 0. The number of methoxy groups -OCH3 is 3. The van der Waals surface area contributed by atoms with E-state index in [1.54, 1.807) is 21.3 Å². The molecule has 0 N–H and O–H groups in total. The Labute approximate surface area is 138 Å². The standard InChI is InChI=1S/C17H26ClNO3/c1-20-11-9-14-6-4-5-10-19(14)12-13-7-8-15(21-2)17(22-3)16(13)18/h7-8,14H,4-6,9-12H2,1-3H3/t14-/m1/s1. The second-order valence-electron chi connectivity index (χ2n) is 5.68. The first kappa shape index (κ1) is 17.4. The Bertz CT molecular complexity index is 481. The fraction of sp³-hybridized carbons (Fsp3) is 0.647. The molecule has 1 heterocycles. The zero-order valence-electron chi connectivity index (χ0n) is 13.7. The molecule has 0 amide bonds. The van der Waals surface area contributed by atoms with Crippen LogP contribution in [0.1, 0.15) is 31.2 Å². The van der Waals surface area contributed by atoms with Crippen LogP contribution >= 0.6 is 11.6 Å². The molecule has 0 spiro atoms. The molecule has 124 valence electrons. The lowest BCUT2D eigenvalue weighted by Gasteiger charge is -2.36. The Morgan fingerprint density at radius 2 is 2.00 bits per heavy atom. The first-order valence-corrected chi connectivity index (χ1v) is 8.21. The van der Waals surface area contributed by atoms with Gasteiger partial charge in [0.15, 0.2) is 11.5 Å².